The van der Waals surface area contributed by atoms with E-state index in [1.54, 1.807) is 67.8 Å². The zero-order valence-corrected chi connectivity index (χ0v) is 25.9. The highest BCUT2D eigenvalue weighted by atomic mass is 32.2. The minimum atomic E-state index is -4.20. The number of para-hydroxylation sites is 1. The van der Waals surface area contributed by atoms with E-state index in [-0.39, 0.29) is 23.8 Å². The van der Waals surface area contributed by atoms with Gasteiger partial charge in [-0.3, -0.25) is 13.9 Å². The van der Waals surface area contributed by atoms with Crippen LogP contribution >= 0.6 is 0 Å². The van der Waals surface area contributed by atoms with Crippen molar-refractivity contribution in [2.45, 2.75) is 30.8 Å². The monoisotopic (exact) mass is 615 g/mol. The second-order valence-corrected chi connectivity index (χ2v) is 11.9. The number of anilines is 1. The topological polar surface area (TPSA) is 105 Å². The van der Waals surface area contributed by atoms with Crippen molar-refractivity contribution in [3.63, 3.8) is 0 Å². The molecule has 1 atom stereocenters. The molecule has 0 aliphatic carbocycles. The average Bonchev–Trinajstić information content (AvgIpc) is 3.06. The number of hydrogen-bond donors (Lipinski definition) is 1. The van der Waals surface area contributed by atoms with Crippen LogP contribution in [0.2, 0.25) is 0 Å². The van der Waals surface area contributed by atoms with Crippen LogP contribution in [0.15, 0.2) is 114 Å². The molecule has 0 saturated heterocycles. The molecule has 0 aliphatic rings. The fourth-order valence-electron chi connectivity index (χ4n) is 4.81. The number of methoxy groups -OCH3 is 2. The third-order valence-electron chi connectivity index (χ3n) is 7.08. The van der Waals surface area contributed by atoms with Gasteiger partial charge in [-0.15, -0.1) is 0 Å². The molecule has 4 rings (SSSR count). The van der Waals surface area contributed by atoms with E-state index >= 15 is 0 Å². The fraction of sp³-hybridized carbons (Fsp3) is 0.235. The van der Waals surface area contributed by atoms with Gasteiger partial charge in [-0.2, -0.15) is 0 Å². The Bertz CT molecular complexity index is 1630. The van der Waals surface area contributed by atoms with Crippen molar-refractivity contribution in [1.82, 2.24) is 10.2 Å². The van der Waals surface area contributed by atoms with Gasteiger partial charge in [-0.1, -0.05) is 60.7 Å². The first-order valence-electron chi connectivity index (χ1n) is 14.2. The van der Waals surface area contributed by atoms with Gasteiger partial charge < -0.3 is 19.7 Å². The van der Waals surface area contributed by atoms with Crippen molar-refractivity contribution in [2.75, 3.05) is 31.6 Å². The Morgan fingerprint density at radius 2 is 1.39 bits per heavy atom. The molecule has 1 N–H and O–H groups in total. The number of amides is 2. The second kappa shape index (κ2) is 15.1. The lowest BCUT2D eigenvalue weighted by atomic mass is 10.0. The van der Waals surface area contributed by atoms with Crippen LogP contribution in [-0.4, -0.2) is 58.5 Å². The van der Waals surface area contributed by atoms with Gasteiger partial charge in [0.25, 0.3) is 10.0 Å². The average molecular weight is 616 g/mol. The van der Waals surface area contributed by atoms with E-state index in [1.807, 2.05) is 43.3 Å². The lowest BCUT2D eigenvalue weighted by Crippen LogP contribution is -2.53. The molecule has 0 saturated carbocycles. The predicted molar refractivity (Wildman–Crippen MR) is 170 cm³/mol. The Balaban J connectivity index is 1.78. The molecule has 230 valence electrons. The number of likely N-dealkylation sites (N-methyl/N-ethyl adjacent to an activating group) is 1. The van der Waals surface area contributed by atoms with Crippen molar-refractivity contribution in [3.8, 4) is 11.5 Å². The molecular weight excluding hydrogens is 578 g/mol. The van der Waals surface area contributed by atoms with Crippen LogP contribution in [0.3, 0.4) is 0 Å². The zero-order valence-electron chi connectivity index (χ0n) is 25.1. The van der Waals surface area contributed by atoms with Crippen molar-refractivity contribution >= 4 is 27.5 Å². The van der Waals surface area contributed by atoms with Crippen molar-refractivity contribution in [1.29, 1.82) is 0 Å². The molecule has 0 fully saturated rings. The quantitative estimate of drug-likeness (QED) is 0.221. The second-order valence-electron chi connectivity index (χ2n) is 10.00. The molecule has 9 nitrogen and oxygen atoms in total. The summed E-state index contributed by atoms with van der Waals surface area (Å²) in [6.07, 6.45) is 0.235. The lowest BCUT2D eigenvalue weighted by Gasteiger charge is -2.34. The first kappa shape index (κ1) is 32.1. The highest BCUT2D eigenvalue weighted by molar-refractivity contribution is 7.92. The van der Waals surface area contributed by atoms with Crippen LogP contribution in [0, 0.1) is 0 Å². The fourth-order valence-corrected chi connectivity index (χ4v) is 6.23. The molecule has 44 heavy (non-hydrogen) atoms. The molecule has 0 aliphatic heterocycles. The van der Waals surface area contributed by atoms with Crippen molar-refractivity contribution < 1.29 is 27.5 Å². The number of hydrogen-bond acceptors (Lipinski definition) is 6. The van der Waals surface area contributed by atoms with Gasteiger partial charge in [0.15, 0.2) is 0 Å². The van der Waals surface area contributed by atoms with E-state index in [1.165, 1.54) is 24.1 Å². The third kappa shape index (κ3) is 7.96. The Labute approximate surface area is 259 Å². The summed E-state index contributed by atoms with van der Waals surface area (Å²) in [5.41, 5.74) is 1.90. The standard InChI is InChI=1S/C34H37N3O6S/c1-4-35-34(39)32(23-26-12-7-5-8-13-26)36(24-27-14-11-17-30(22-27)43-3)33(38)25-37(28-15-9-6-10-16-28)44(40,41)31-20-18-29(42-2)19-21-31/h5-22,32H,4,23-25H2,1-3H3,(H,35,39)/t32-/m0/s1. The largest absolute Gasteiger partial charge is 0.497 e. The first-order chi connectivity index (χ1) is 21.3. The van der Waals surface area contributed by atoms with Gasteiger partial charge in [0.2, 0.25) is 11.8 Å². The number of sulfonamides is 1. The number of rotatable bonds is 14. The summed E-state index contributed by atoms with van der Waals surface area (Å²) in [4.78, 5) is 29.4. The third-order valence-corrected chi connectivity index (χ3v) is 8.87. The van der Waals surface area contributed by atoms with Gasteiger partial charge in [-0.05, 0) is 66.6 Å². The molecule has 4 aromatic carbocycles. The van der Waals surface area contributed by atoms with E-state index in [0.717, 1.165) is 15.4 Å². The number of nitrogens with one attached hydrogen (secondary N) is 1. The molecule has 10 heteroatoms. The summed E-state index contributed by atoms with van der Waals surface area (Å²) in [6, 6.07) is 30.1. The van der Waals surface area contributed by atoms with Crippen LogP contribution in [-0.2, 0) is 32.6 Å². The van der Waals surface area contributed by atoms with Crippen LogP contribution in [0.4, 0.5) is 5.69 Å². The summed E-state index contributed by atoms with van der Waals surface area (Å²) < 4.78 is 39.8. The van der Waals surface area contributed by atoms with E-state index in [2.05, 4.69) is 5.32 Å². The molecule has 0 heterocycles. The minimum Gasteiger partial charge on any atom is -0.497 e. The minimum absolute atomic E-state index is 0.00106. The maximum Gasteiger partial charge on any atom is 0.264 e. The molecule has 0 unspecified atom stereocenters. The molecule has 0 spiro atoms. The first-order valence-corrected chi connectivity index (χ1v) is 15.7. The van der Waals surface area contributed by atoms with E-state index in [9.17, 15) is 18.0 Å². The van der Waals surface area contributed by atoms with Crippen LogP contribution in [0.25, 0.3) is 0 Å². The van der Waals surface area contributed by atoms with E-state index in [0.29, 0.717) is 23.7 Å². The number of benzene rings is 4. The van der Waals surface area contributed by atoms with Gasteiger partial charge in [0.05, 0.1) is 24.8 Å². The smallest absolute Gasteiger partial charge is 0.264 e. The SMILES string of the molecule is CCNC(=O)[C@H](Cc1ccccc1)N(Cc1cccc(OC)c1)C(=O)CN(c1ccccc1)S(=O)(=O)c1ccc(OC)cc1. The van der Waals surface area contributed by atoms with E-state index in [4.69, 9.17) is 9.47 Å². The zero-order chi connectivity index (χ0) is 31.5. The highest BCUT2D eigenvalue weighted by Gasteiger charge is 2.34. The Hall–Kier alpha value is -4.83. The van der Waals surface area contributed by atoms with Crippen LogP contribution < -0.4 is 19.1 Å². The Morgan fingerprint density at radius 1 is 0.773 bits per heavy atom. The highest BCUT2D eigenvalue weighted by Crippen LogP contribution is 2.26. The number of carbonyl (C=O) groups excluding carboxylic acids is 2. The molecule has 0 aromatic heterocycles. The number of nitrogens with zero attached hydrogens (tertiary/aromatic N) is 2. The maximum atomic E-state index is 14.4. The maximum absolute atomic E-state index is 14.4. The number of ether oxygens (including phenoxy) is 2. The van der Waals surface area contributed by atoms with Gasteiger partial charge in [0, 0.05) is 19.5 Å². The number of carbonyl (C=O) groups is 2. The summed E-state index contributed by atoms with van der Waals surface area (Å²) >= 11 is 0. The van der Waals surface area contributed by atoms with Gasteiger partial charge in [0.1, 0.15) is 24.1 Å². The summed E-state index contributed by atoms with van der Waals surface area (Å²) in [7, 11) is -1.15. The molecular formula is C34H37N3O6S. The van der Waals surface area contributed by atoms with Crippen LogP contribution in [0.1, 0.15) is 18.1 Å². The lowest BCUT2D eigenvalue weighted by molar-refractivity contribution is -0.140. The van der Waals surface area contributed by atoms with Gasteiger partial charge in [-0.25, -0.2) is 8.42 Å². The predicted octanol–water partition coefficient (Wildman–Crippen LogP) is 4.68. The molecule has 0 radical (unpaired) electrons. The Morgan fingerprint density at radius 3 is 2.00 bits per heavy atom. The summed E-state index contributed by atoms with van der Waals surface area (Å²) in [5, 5.41) is 2.86. The van der Waals surface area contributed by atoms with Crippen LogP contribution in [0.5, 0.6) is 11.5 Å². The molecule has 0 bridgehead atoms. The van der Waals surface area contributed by atoms with Gasteiger partial charge >= 0.3 is 0 Å². The molecule has 2 amide bonds. The normalized spacial score (nSPS) is 11.7. The molecule has 4 aromatic rings. The summed E-state index contributed by atoms with van der Waals surface area (Å²) in [5.74, 6) is 0.222. The Kier molecular flexibility index (Phi) is 11.0. The summed E-state index contributed by atoms with van der Waals surface area (Å²) in [6.45, 7) is 1.69. The van der Waals surface area contributed by atoms with Crippen molar-refractivity contribution in [2.24, 2.45) is 0 Å². The van der Waals surface area contributed by atoms with E-state index < -0.39 is 28.5 Å². The van der Waals surface area contributed by atoms with Crippen molar-refractivity contribution in [3.05, 3.63) is 120 Å².